The number of carbonyl (C=O) groups excluding carboxylic acids is 1. The van der Waals surface area contributed by atoms with Gasteiger partial charge in [0.2, 0.25) is 5.91 Å². The zero-order valence-electron chi connectivity index (χ0n) is 16.0. The minimum atomic E-state index is -0.512. The lowest BCUT2D eigenvalue weighted by Crippen LogP contribution is -2.40. The molecule has 1 fully saturated rings. The van der Waals surface area contributed by atoms with Crippen molar-refractivity contribution in [3.05, 3.63) is 89.7 Å². The van der Waals surface area contributed by atoms with Gasteiger partial charge in [0.15, 0.2) is 0 Å². The minimum absolute atomic E-state index is 0.199. The predicted octanol–water partition coefficient (Wildman–Crippen LogP) is 4.41. The first-order valence-corrected chi connectivity index (χ1v) is 9.89. The average Bonchev–Trinajstić information content (AvgIpc) is 3.38. The van der Waals surface area contributed by atoms with Crippen molar-refractivity contribution in [1.82, 2.24) is 4.57 Å². The summed E-state index contributed by atoms with van der Waals surface area (Å²) in [5.41, 5.74) is 8.67. The van der Waals surface area contributed by atoms with Gasteiger partial charge >= 0.3 is 0 Å². The second-order valence-electron chi connectivity index (χ2n) is 7.59. The van der Waals surface area contributed by atoms with Crippen LogP contribution in [0.2, 0.25) is 0 Å². The summed E-state index contributed by atoms with van der Waals surface area (Å²) in [5.74, 6) is 0.652. The molecule has 3 aromatic rings. The topological polar surface area (TPSA) is 57.2 Å². The first-order chi connectivity index (χ1) is 13.7. The van der Waals surface area contributed by atoms with Crippen LogP contribution in [0.15, 0.2) is 72.9 Å². The molecule has 28 heavy (non-hydrogen) atoms. The molecule has 144 valence electrons. The Balaban J connectivity index is 1.46. The van der Waals surface area contributed by atoms with E-state index in [1.807, 2.05) is 48.7 Å². The van der Waals surface area contributed by atoms with Crippen molar-refractivity contribution in [2.75, 3.05) is 0 Å². The first-order valence-electron chi connectivity index (χ1n) is 9.89. The number of aromatic nitrogens is 1. The van der Waals surface area contributed by atoms with Crippen LogP contribution in [0.25, 0.3) is 0 Å². The highest BCUT2D eigenvalue weighted by Gasteiger charge is 2.43. The number of ether oxygens (including phenoxy) is 1. The maximum absolute atomic E-state index is 12.3. The fraction of sp³-hybridized carbons (Fsp3) is 0.292. The van der Waals surface area contributed by atoms with Crippen molar-refractivity contribution < 1.29 is 9.53 Å². The molecule has 4 nitrogen and oxygen atoms in total. The van der Waals surface area contributed by atoms with Crippen LogP contribution in [0, 0.1) is 0 Å². The van der Waals surface area contributed by atoms with Crippen LogP contribution in [0.5, 0.6) is 5.75 Å². The van der Waals surface area contributed by atoms with Gasteiger partial charge in [-0.2, -0.15) is 0 Å². The van der Waals surface area contributed by atoms with Crippen LogP contribution in [-0.2, 0) is 23.4 Å². The summed E-state index contributed by atoms with van der Waals surface area (Å²) >= 11 is 0. The van der Waals surface area contributed by atoms with E-state index in [1.165, 1.54) is 5.56 Å². The fourth-order valence-corrected chi connectivity index (χ4v) is 4.22. The van der Waals surface area contributed by atoms with Crippen LogP contribution < -0.4 is 10.5 Å². The molecule has 1 saturated carbocycles. The summed E-state index contributed by atoms with van der Waals surface area (Å²) in [6.45, 7) is 1.28. The largest absolute Gasteiger partial charge is 0.489 e. The Morgan fingerprint density at radius 1 is 0.929 bits per heavy atom. The van der Waals surface area contributed by atoms with E-state index in [0.717, 1.165) is 49.2 Å². The molecule has 0 radical (unpaired) electrons. The Bertz CT molecular complexity index is 923. The fourth-order valence-electron chi connectivity index (χ4n) is 4.22. The average molecular weight is 374 g/mol. The summed E-state index contributed by atoms with van der Waals surface area (Å²) in [6.07, 6.45) is 5.85. The van der Waals surface area contributed by atoms with E-state index < -0.39 is 5.41 Å². The highest BCUT2D eigenvalue weighted by atomic mass is 16.5. The molecule has 2 aromatic carbocycles. The van der Waals surface area contributed by atoms with Crippen LogP contribution in [0.3, 0.4) is 0 Å². The van der Waals surface area contributed by atoms with E-state index in [1.54, 1.807) is 0 Å². The van der Waals surface area contributed by atoms with Crippen LogP contribution >= 0.6 is 0 Å². The van der Waals surface area contributed by atoms with E-state index in [2.05, 4.69) is 28.8 Å². The number of hydrogen-bond donors (Lipinski definition) is 1. The van der Waals surface area contributed by atoms with E-state index >= 15 is 0 Å². The lowest BCUT2D eigenvalue weighted by molar-refractivity contribution is -0.123. The first kappa shape index (κ1) is 18.4. The highest BCUT2D eigenvalue weighted by molar-refractivity contribution is 5.86. The summed E-state index contributed by atoms with van der Waals surface area (Å²) in [7, 11) is 0. The maximum Gasteiger partial charge on any atom is 0.229 e. The van der Waals surface area contributed by atoms with E-state index in [0.29, 0.717) is 6.61 Å². The van der Waals surface area contributed by atoms with Crippen molar-refractivity contribution in [3.8, 4) is 5.75 Å². The number of rotatable bonds is 7. The van der Waals surface area contributed by atoms with Crippen LogP contribution in [0.1, 0.15) is 42.5 Å². The molecule has 1 aromatic heterocycles. The normalized spacial score (nSPS) is 15.4. The molecule has 4 rings (SSSR count). The zero-order valence-corrected chi connectivity index (χ0v) is 16.0. The monoisotopic (exact) mass is 374 g/mol. The van der Waals surface area contributed by atoms with Gasteiger partial charge in [-0.3, -0.25) is 4.79 Å². The SMILES string of the molecule is NC(=O)C1(c2cccn2Cc2ccc(OCc3ccccc3)cc2)CCCC1. The molecular formula is C24H26N2O2. The van der Waals surface area contributed by atoms with Crippen molar-refractivity contribution in [1.29, 1.82) is 0 Å². The molecule has 0 aliphatic heterocycles. The minimum Gasteiger partial charge on any atom is -0.489 e. The van der Waals surface area contributed by atoms with Crippen molar-refractivity contribution in [2.24, 2.45) is 5.73 Å². The van der Waals surface area contributed by atoms with Gasteiger partial charge in [-0.15, -0.1) is 0 Å². The number of nitrogens with two attached hydrogens (primary N) is 1. The molecule has 2 N–H and O–H groups in total. The summed E-state index contributed by atoms with van der Waals surface area (Å²) in [5, 5.41) is 0. The second-order valence-corrected chi connectivity index (χ2v) is 7.59. The third-order valence-electron chi connectivity index (χ3n) is 5.77. The number of hydrogen-bond acceptors (Lipinski definition) is 2. The molecule has 1 aliphatic carbocycles. The highest BCUT2D eigenvalue weighted by Crippen LogP contribution is 2.41. The van der Waals surface area contributed by atoms with Gasteiger partial charge in [-0.25, -0.2) is 0 Å². The Morgan fingerprint density at radius 3 is 2.32 bits per heavy atom. The molecule has 0 bridgehead atoms. The Hall–Kier alpha value is -3.01. The number of nitrogens with zero attached hydrogens (tertiary/aromatic N) is 1. The summed E-state index contributed by atoms with van der Waals surface area (Å²) in [6, 6.07) is 22.4. The Labute approximate surface area is 165 Å². The molecule has 0 atom stereocenters. The number of amides is 1. The third kappa shape index (κ3) is 3.68. The van der Waals surface area contributed by atoms with Crippen LogP contribution in [0.4, 0.5) is 0 Å². The molecule has 0 unspecified atom stereocenters. The number of benzene rings is 2. The van der Waals surface area contributed by atoms with Gasteiger partial charge in [0.25, 0.3) is 0 Å². The lowest BCUT2D eigenvalue weighted by Gasteiger charge is -2.27. The van der Waals surface area contributed by atoms with Crippen molar-refractivity contribution in [2.45, 2.75) is 44.2 Å². The predicted molar refractivity (Wildman–Crippen MR) is 110 cm³/mol. The van der Waals surface area contributed by atoms with E-state index in [4.69, 9.17) is 10.5 Å². The van der Waals surface area contributed by atoms with E-state index in [-0.39, 0.29) is 5.91 Å². The molecule has 4 heteroatoms. The lowest BCUT2D eigenvalue weighted by atomic mass is 9.81. The second kappa shape index (κ2) is 7.93. The maximum atomic E-state index is 12.3. The quantitative estimate of drug-likeness (QED) is 0.666. The summed E-state index contributed by atoms with van der Waals surface area (Å²) in [4.78, 5) is 12.3. The molecule has 0 saturated heterocycles. The van der Waals surface area contributed by atoms with Gasteiger partial charge < -0.3 is 15.0 Å². The molecule has 1 heterocycles. The van der Waals surface area contributed by atoms with Gasteiger partial charge in [-0.1, -0.05) is 55.3 Å². The smallest absolute Gasteiger partial charge is 0.229 e. The van der Waals surface area contributed by atoms with Gasteiger partial charge in [-0.05, 0) is 48.2 Å². The zero-order chi connectivity index (χ0) is 19.4. The Kier molecular flexibility index (Phi) is 5.20. The van der Waals surface area contributed by atoms with Gasteiger partial charge in [0.1, 0.15) is 12.4 Å². The molecule has 1 amide bonds. The Morgan fingerprint density at radius 2 is 1.64 bits per heavy atom. The van der Waals surface area contributed by atoms with Crippen molar-refractivity contribution >= 4 is 5.91 Å². The van der Waals surface area contributed by atoms with Crippen LogP contribution in [-0.4, -0.2) is 10.5 Å². The number of primary amides is 1. The third-order valence-corrected chi connectivity index (χ3v) is 5.77. The standard InChI is InChI=1S/C24H26N2O2/c25-23(27)24(14-4-5-15-24)22-9-6-16-26(22)17-19-10-12-21(13-11-19)28-18-20-7-2-1-3-8-20/h1-3,6-13,16H,4-5,14-15,17-18H2,(H2,25,27). The number of carbonyl (C=O) groups is 1. The van der Waals surface area contributed by atoms with Gasteiger partial charge in [0, 0.05) is 18.4 Å². The molecule has 1 aliphatic rings. The molecule has 0 spiro atoms. The van der Waals surface area contributed by atoms with Gasteiger partial charge in [0.05, 0.1) is 5.41 Å². The van der Waals surface area contributed by atoms with Crippen molar-refractivity contribution in [3.63, 3.8) is 0 Å². The summed E-state index contributed by atoms with van der Waals surface area (Å²) < 4.78 is 8.03. The van der Waals surface area contributed by atoms with E-state index in [9.17, 15) is 4.79 Å². The molecular weight excluding hydrogens is 348 g/mol.